The maximum absolute atomic E-state index is 3.42. The van der Waals surface area contributed by atoms with Gasteiger partial charge in [-0.3, -0.25) is 0 Å². The quantitative estimate of drug-likeness (QED) is 0.829. The number of piperazine rings is 1. The van der Waals surface area contributed by atoms with Gasteiger partial charge < -0.3 is 15.1 Å². The average Bonchev–Trinajstić information content (AvgIpc) is 2.80. The van der Waals surface area contributed by atoms with Crippen LogP contribution in [0.25, 0.3) is 0 Å². The van der Waals surface area contributed by atoms with Crippen molar-refractivity contribution in [2.24, 2.45) is 0 Å². The largest absolute Gasteiger partial charge is 0.368 e. The fraction of sp³-hybridized carbons (Fsp3) is 0.647. The second-order valence-corrected chi connectivity index (χ2v) is 6.17. The van der Waals surface area contributed by atoms with Crippen LogP contribution in [0.2, 0.25) is 0 Å². The Kier molecular flexibility index (Phi) is 4.58. The van der Waals surface area contributed by atoms with Crippen LogP contribution in [0, 0.1) is 0 Å². The van der Waals surface area contributed by atoms with E-state index in [1.807, 2.05) is 0 Å². The van der Waals surface area contributed by atoms with E-state index in [4.69, 9.17) is 0 Å². The highest BCUT2D eigenvalue weighted by molar-refractivity contribution is 5.59. The Morgan fingerprint density at radius 1 is 1.10 bits per heavy atom. The van der Waals surface area contributed by atoms with Crippen molar-refractivity contribution in [1.29, 1.82) is 0 Å². The number of rotatable bonds is 5. The van der Waals surface area contributed by atoms with E-state index < -0.39 is 0 Å². The number of hydrogen-bond donors (Lipinski definition) is 1. The lowest BCUT2D eigenvalue weighted by atomic mass is 10.1. The van der Waals surface area contributed by atoms with Crippen LogP contribution in [0.15, 0.2) is 24.3 Å². The first-order chi connectivity index (χ1) is 9.84. The lowest BCUT2D eigenvalue weighted by Crippen LogP contribution is -2.43. The van der Waals surface area contributed by atoms with Gasteiger partial charge in [0, 0.05) is 44.5 Å². The van der Waals surface area contributed by atoms with Gasteiger partial charge in [0.15, 0.2) is 0 Å². The van der Waals surface area contributed by atoms with Gasteiger partial charge in [0.2, 0.25) is 0 Å². The Bertz CT molecular complexity index is 426. The molecule has 2 heterocycles. The number of unbranched alkanes of at least 4 members (excludes halogenated alkanes) is 1. The first-order valence-electron chi connectivity index (χ1n) is 8.12. The van der Waals surface area contributed by atoms with E-state index >= 15 is 0 Å². The van der Waals surface area contributed by atoms with Gasteiger partial charge in [-0.05, 0) is 44.4 Å². The summed E-state index contributed by atoms with van der Waals surface area (Å²) in [6.45, 7) is 9.62. The summed E-state index contributed by atoms with van der Waals surface area (Å²) >= 11 is 0. The smallest absolute Gasteiger partial charge is 0.0402 e. The first-order valence-corrected chi connectivity index (χ1v) is 8.12. The average molecular weight is 273 g/mol. The molecule has 0 spiro atoms. The topological polar surface area (TPSA) is 18.5 Å². The molecule has 20 heavy (non-hydrogen) atoms. The molecule has 0 amide bonds. The fourth-order valence-electron chi connectivity index (χ4n) is 3.52. The van der Waals surface area contributed by atoms with Gasteiger partial charge in [0.05, 0.1) is 0 Å². The molecule has 3 rings (SSSR count). The minimum atomic E-state index is 0.673. The molecule has 0 saturated carbocycles. The van der Waals surface area contributed by atoms with Crippen molar-refractivity contribution in [1.82, 2.24) is 10.2 Å². The van der Waals surface area contributed by atoms with Crippen molar-refractivity contribution in [3.63, 3.8) is 0 Å². The van der Waals surface area contributed by atoms with Crippen LogP contribution in [-0.2, 0) is 6.42 Å². The molecule has 2 aliphatic heterocycles. The lowest BCUT2D eigenvalue weighted by molar-refractivity contribution is 0.237. The van der Waals surface area contributed by atoms with Crippen LogP contribution in [0.5, 0.6) is 0 Å². The van der Waals surface area contributed by atoms with Gasteiger partial charge in [0.25, 0.3) is 0 Å². The number of fused-ring (bicyclic) bond motifs is 1. The fourth-order valence-corrected chi connectivity index (χ4v) is 3.52. The molecule has 2 aliphatic rings. The summed E-state index contributed by atoms with van der Waals surface area (Å²) in [6, 6.07) is 9.58. The lowest BCUT2D eigenvalue weighted by Gasteiger charge is -2.28. The predicted octanol–water partition coefficient (Wildman–Crippen LogP) is 2.12. The second-order valence-electron chi connectivity index (χ2n) is 6.17. The van der Waals surface area contributed by atoms with E-state index in [-0.39, 0.29) is 0 Å². The number of nitrogens with one attached hydrogen (secondary N) is 1. The first kappa shape index (κ1) is 13.9. The van der Waals surface area contributed by atoms with Gasteiger partial charge in [-0.1, -0.05) is 18.2 Å². The minimum Gasteiger partial charge on any atom is -0.368 e. The van der Waals surface area contributed by atoms with Crippen LogP contribution in [0.1, 0.15) is 25.3 Å². The number of para-hydroxylation sites is 1. The number of nitrogens with zero attached hydrogens (tertiary/aromatic N) is 2. The molecule has 0 aliphatic carbocycles. The molecule has 0 bridgehead atoms. The van der Waals surface area contributed by atoms with Crippen LogP contribution in [-0.4, -0.2) is 50.2 Å². The van der Waals surface area contributed by atoms with E-state index in [2.05, 4.69) is 46.3 Å². The summed E-state index contributed by atoms with van der Waals surface area (Å²) in [6.07, 6.45) is 3.85. The molecule has 0 aromatic heterocycles. The van der Waals surface area contributed by atoms with Crippen molar-refractivity contribution in [2.45, 2.75) is 32.2 Å². The summed E-state index contributed by atoms with van der Waals surface area (Å²) in [5.41, 5.74) is 3.00. The molecule has 1 N–H and O–H groups in total. The molecule has 1 aromatic carbocycles. The summed E-state index contributed by atoms with van der Waals surface area (Å²) < 4.78 is 0. The van der Waals surface area contributed by atoms with Crippen molar-refractivity contribution < 1.29 is 0 Å². The third-order valence-electron chi connectivity index (χ3n) is 4.68. The molecule has 1 aromatic rings. The van der Waals surface area contributed by atoms with Gasteiger partial charge in [-0.25, -0.2) is 0 Å². The van der Waals surface area contributed by atoms with E-state index in [0.29, 0.717) is 6.04 Å². The maximum Gasteiger partial charge on any atom is 0.0402 e. The van der Waals surface area contributed by atoms with E-state index in [9.17, 15) is 0 Å². The maximum atomic E-state index is 3.42. The SMILES string of the molecule is CC1Cc2ccccc2N1CCCCN1CCNCC1. The van der Waals surface area contributed by atoms with E-state index in [1.54, 1.807) is 0 Å². The second kappa shape index (κ2) is 6.59. The molecule has 1 unspecified atom stereocenters. The van der Waals surface area contributed by atoms with Gasteiger partial charge in [-0.15, -0.1) is 0 Å². The summed E-state index contributed by atoms with van der Waals surface area (Å²) in [5, 5.41) is 3.42. The van der Waals surface area contributed by atoms with Crippen LogP contribution in [0.3, 0.4) is 0 Å². The zero-order chi connectivity index (χ0) is 13.8. The Balaban J connectivity index is 1.44. The van der Waals surface area contributed by atoms with Crippen LogP contribution in [0.4, 0.5) is 5.69 Å². The molecule has 0 radical (unpaired) electrons. The predicted molar refractivity (Wildman–Crippen MR) is 85.5 cm³/mol. The zero-order valence-corrected chi connectivity index (χ0v) is 12.6. The monoisotopic (exact) mass is 273 g/mol. The van der Waals surface area contributed by atoms with Crippen molar-refractivity contribution >= 4 is 5.69 Å². The van der Waals surface area contributed by atoms with Crippen molar-refractivity contribution in [3.8, 4) is 0 Å². The van der Waals surface area contributed by atoms with Gasteiger partial charge in [-0.2, -0.15) is 0 Å². The third kappa shape index (κ3) is 3.15. The highest BCUT2D eigenvalue weighted by atomic mass is 15.2. The summed E-state index contributed by atoms with van der Waals surface area (Å²) in [4.78, 5) is 5.20. The highest BCUT2D eigenvalue weighted by Gasteiger charge is 2.24. The van der Waals surface area contributed by atoms with Crippen LogP contribution < -0.4 is 10.2 Å². The number of benzene rings is 1. The van der Waals surface area contributed by atoms with Crippen molar-refractivity contribution in [3.05, 3.63) is 29.8 Å². The van der Waals surface area contributed by atoms with E-state index in [1.165, 1.54) is 56.7 Å². The Morgan fingerprint density at radius 2 is 1.85 bits per heavy atom. The molecule has 110 valence electrons. The summed E-state index contributed by atoms with van der Waals surface area (Å²) in [5.74, 6) is 0. The molecule has 3 heteroatoms. The molecular weight excluding hydrogens is 246 g/mol. The molecule has 3 nitrogen and oxygen atoms in total. The number of anilines is 1. The Morgan fingerprint density at radius 3 is 2.70 bits per heavy atom. The van der Waals surface area contributed by atoms with Crippen molar-refractivity contribution in [2.75, 3.05) is 44.2 Å². The molecular formula is C17H27N3. The third-order valence-corrected chi connectivity index (χ3v) is 4.68. The van der Waals surface area contributed by atoms with Gasteiger partial charge in [0.1, 0.15) is 0 Å². The molecule has 1 saturated heterocycles. The normalized spacial score (nSPS) is 23.1. The van der Waals surface area contributed by atoms with Gasteiger partial charge >= 0.3 is 0 Å². The Hall–Kier alpha value is -1.06. The number of hydrogen-bond acceptors (Lipinski definition) is 3. The summed E-state index contributed by atoms with van der Waals surface area (Å²) in [7, 11) is 0. The minimum absolute atomic E-state index is 0.673. The standard InChI is InChI=1S/C17H27N3/c1-15-14-16-6-2-3-7-17(16)20(15)11-5-4-10-19-12-8-18-9-13-19/h2-3,6-7,15,18H,4-5,8-14H2,1H3. The molecule has 1 atom stereocenters. The highest BCUT2D eigenvalue weighted by Crippen LogP contribution is 2.31. The Labute approximate surface area is 123 Å². The molecule has 1 fully saturated rings. The van der Waals surface area contributed by atoms with E-state index in [0.717, 1.165) is 13.1 Å². The van der Waals surface area contributed by atoms with Crippen LogP contribution >= 0.6 is 0 Å². The zero-order valence-electron chi connectivity index (χ0n) is 12.6.